The van der Waals surface area contributed by atoms with Gasteiger partial charge in [0, 0.05) is 10.9 Å². The van der Waals surface area contributed by atoms with Gasteiger partial charge < -0.3 is 9.15 Å². The van der Waals surface area contributed by atoms with Crippen LogP contribution >= 0.6 is 11.6 Å². The fraction of sp³-hybridized carbons (Fsp3) is 0.318. The van der Waals surface area contributed by atoms with Crippen LogP contribution < -0.4 is 0 Å². The van der Waals surface area contributed by atoms with Crippen LogP contribution in [-0.4, -0.2) is 12.6 Å². The molecule has 0 spiro atoms. The standard InChI is InChI=1S/C22H21ClO3/c1-2-25-22(24)16-7-9-18(19(23)12-16)21-13-17-11-15(8-10-20(17)26-21)14-5-3-4-6-14/h7-14H,2-6H2,1H3. The summed E-state index contributed by atoms with van der Waals surface area (Å²) in [6.07, 6.45) is 5.19. The lowest BCUT2D eigenvalue weighted by Gasteiger charge is -2.08. The predicted octanol–water partition coefficient (Wildman–Crippen LogP) is 6.59. The lowest BCUT2D eigenvalue weighted by atomic mass is 9.96. The molecule has 2 aromatic carbocycles. The number of carbonyl (C=O) groups excluding carboxylic acids is 1. The summed E-state index contributed by atoms with van der Waals surface area (Å²) in [5.74, 6) is 1.01. The van der Waals surface area contributed by atoms with Gasteiger partial charge in [-0.1, -0.05) is 30.5 Å². The van der Waals surface area contributed by atoms with Crippen molar-refractivity contribution < 1.29 is 13.9 Å². The highest BCUT2D eigenvalue weighted by Crippen LogP contribution is 2.38. The van der Waals surface area contributed by atoms with Crippen molar-refractivity contribution in [2.45, 2.75) is 38.5 Å². The number of furan rings is 1. The van der Waals surface area contributed by atoms with Crippen molar-refractivity contribution in [2.24, 2.45) is 0 Å². The monoisotopic (exact) mass is 368 g/mol. The van der Waals surface area contributed by atoms with Gasteiger partial charge in [0.15, 0.2) is 0 Å². The molecule has 0 aliphatic heterocycles. The van der Waals surface area contributed by atoms with Crippen LogP contribution in [0.15, 0.2) is 46.9 Å². The molecule has 0 unspecified atom stereocenters. The molecule has 1 aromatic heterocycles. The zero-order valence-electron chi connectivity index (χ0n) is 14.8. The van der Waals surface area contributed by atoms with E-state index in [1.54, 1.807) is 19.1 Å². The largest absolute Gasteiger partial charge is 0.462 e. The number of rotatable bonds is 4. The molecule has 3 nitrogen and oxygen atoms in total. The van der Waals surface area contributed by atoms with E-state index < -0.39 is 0 Å². The Labute approximate surface area is 157 Å². The van der Waals surface area contributed by atoms with Crippen LogP contribution in [0.25, 0.3) is 22.3 Å². The number of ether oxygens (including phenoxy) is 1. The van der Waals surface area contributed by atoms with Gasteiger partial charge in [0.2, 0.25) is 0 Å². The molecule has 1 heterocycles. The van der Waals surface area contributed by atoms with E-state index in [1.807, 2.05) is 18.2 Å². The van der Waals surface area contributed by atoms with Gasteiger partial charge in [-0.2, -0.15) is 0 Å². The second kappa shape index (κ2) is 7.16. The van der Waals surface area contributed by atoms with Crippen LogP contribution in [0.1, 0.15) is 54.4 Å². The summed E-state index contributed by atoms with van der Waals surface area (Å²) in [6, 6.07) is 13.6. The maximum absolute atomic E-state index is 11.8. The number of halogens is 1. The summed E-state index contributed by atoms with van der Waals surface area (Å²) in [5.41, 5.74) is 3.47. The second-order valence-corrected chi connectivity index (χ2v) is 7.21. The van der Waals surface area contributed by atoms with E-state index in [2.05, 4.69) is 12.1 Å². The van der Waals surface area contributed by atoms with Crippen LogP contribution in [0.3, 0.4) is 0 Å². The number of carbonyl (C=O) groups is 1. The first-order valence-corrected chi connectivity index (χ1v) is 9.54. The normalized spacial score (nSPS) is 14.8. The third-order valence-corrected chi connectivity index (χ3v) is 5.43. The third kappa shape index (κ3) is 3.24. The van der Waals surface area contributed by atoms with Crippen LogP contribution in [0, 0.1) is 0 Å². The Hall–Kier alpha value is -2.26. The van der Waals surface area contributed by atoms with Gasteiger partial charge in [0.25, 0.3) is 0 Å². The Morgan fingerprint density at radius 1 is 1.15 bits per heavy atom. The van der Waals surface area contributed by atoms with Crippen molar-refractivity contribution in [2.75, 3.05) is 6.61 Å². The van der Waals surface area contributed by atoms with Crippen LogP contribution in [0.2, 0.25) is 5.02 Å². The first kappa shape index (κ1) is 17.2. The number of fused-ring (bicyclic) bond motifs is 1. The minimum Gasteiger partial charge on any atom is -0.462 e. The minimum absolute atomic E-state index is 0.338. The van der Waals surface area contributed by atoms with E-state index in [1.165, 1.54) is 31.2 Å². The summed E-state index contributed by atoms with van der Waals surface area (Å²) in [7, 11) is 0. The maximum Gasteiger partial charge on any atom is 0.338 e. The predicted molar refractivity (Wildman–Crippen MR) is 104 cm³/mol. The molecule has 0 saturated heterocycles. The molecule has 0 radical (unpaired) electrons. The van der Waals surface area contributed by atoms with Crippen LogP contribution in [-0.2, 0) is 4.74 Å². The van der Waals surface area contributed by atoms with Crippen molar-refractivity contribution in [3.05, 3.63) is 58.6 Å². The molecule has 134 valence electrons. The Morgan fingerprint density at radius 2 is 1.96 bits per heavy atom. The van der Waals surface area contributed by atoms with Gasteiger partial charge in [0.05, 0.1) is 17.2 Å². The molecular formula is C22H21ClO3. The molecular weight excluding hydrogens is 348 g/mol. The SMILES string of the molecule is CCOC(=O)c1ccc(-c2cc3cc(C4CCCC4)ccc3o2)c(Cl)c1. The van der Waals surface area contributed by atoms with Gasteiger partial charge in [-0.05, 0) is 67.6 Å². The van der Waals surface area contributed by atoms with Gasteiger partial charge in [-0.25, -0.2) is 4.79 Å². The highest BCUT2D eigenvalue weighted by Gasteiger charge is 2.18. The van der Waals surface area contributed by atoms with Crippen molar-refractivity contribution >= 4 is 28.5 Å². The molecule has 0 amide bonds. The average molecular weight is 369 g/mol. The summed E-state index contributed by atoms with van der Waals surface area (Å²) >= 11 is 6.40. The van der Waals surface area contributed by atoms with Crippen molar-refractivity contribution in [3.63, 3.8) is 0 Å². The van der Waals surface area contributed by atoms with Crippen LogP contribution in [0.5, 0.6) is 0 Å². The Bertz CT molecular complexity index is 951. The smallest absolute Gasteiger partial charge is 0.338 e. The van der Waals surface area contributed by atoms with Crippen molar-refractivity contribution in [1.29, 1.82) is 0 Å². The van der Waals surface area contributed by atoms with E-state index in [0.29, 0.717) is 28.9 Å². The van der Waals surface area contributed by atoms with E-state index in [9.17, 15) is 4.79 Å². The molecule has 3 aromatic rings. The molecule has 0 bridgehead atoms. The van der Waals surface area contributed by atoms with Gasteiger partial charge >= 0.3 is 5.97 Å². The quantitative estimate of drug-likeness (QED) is 0.488. The Kier molecular flexibility index (Phi) is 4.73. The Balaban J connectivity index is 1.67. The lowest BCUT2D eigenvalue weighted by molar-refractivity contribution is 0.0526. The van der Waals surface area contributed by atoms with Gasteiger partial charge in [-0.15, -0.1) is 0 Å². The van der Waals surface area contributed by atoms with Gasteiger partial charge in [0.1, 0.15) is 11.3 Å². The average Bonchev–Trinajstić information content (AvgIpc) is 3.30. The number of hydrogen-bond acceptors (Lipinski definition) is 3. The van der Waals surface area contributed by atoms with Crippen molar-refractivity contribution in [3.8, 4) is 11.3 Å². The molecule has 0 atom stereocenters. The Morgan fingerprint density at radius 3 is 2.69 bits per heavy atom. The number of benzene rings is 2. The molecule has 1 fully saturated rings. The summed E-state index contributed by atoms with van der Waals surface area (Å²) < 4.78 is 11.0. The topological polar surface area (TPSA) is 39.4 Å². The lowest BCUT2D eigenvalue weighted by Crippen LogP contribution is -2.04. The number of esters is 1. The zero-order chi connectivity index (χ0) is 18.1. The molecule has 1 saturated carbocycles. The van der Waals surface area contributed by atoms with Crippen molar-refractivity contribution in [1.82, 2.24) is 0 Å². The number of hydrogen-bond donors (Lipinski definition) is 0. The summed E-state index contributed by atoms with van der Waals surface area (Å²) in [4.78, 5) is 11.8. The van der Waals surface area contributed by atoms with E-state index >= 15 is 0 Å². The fourth-order valence-corrected chi connectivity index (χ4v) is 4.04. The van der Waals surface area contributed by atoms with E-state index in [4.69, 9.17) is 20.8 Å². The first-order valence-electron chi connectivity index (χ1n) is 9.16. The zero-order valence-corrected chi connectivity index (χ0v) is 15.5. The molecule has 1 aliphatic carbocycles. The molecule has 26 heavy (non-hydrogen) atoms. The second-order valence-electron chi connectivity index (χ2n) is 6.80. The fourth-order valence-electron chi connectivity index (χ4n) is 3.76. The molecule has 0 N–H and O–H groups in total. The molecule has 4 heteroatoms. The van der Waals surface area contributed by atoms with E-state index in [0.717, 1.165) is 16.5 Å². The van der Waals surface area contributed by atoms with Crippen LogP contribution in [0.4, 0.5) is 0 Å². The van der Waals surface area contributed by atoms with E-state index in [-0.39, 0.29) is 5.97 Å². The first-order chi connectivity index (χ1) is 12.7. The third-order valence-electron chi connectivity index (χ3n) is 5.11. The highest BCUT2D eigenvalue weighted by atomic mass is 35.5. The minimum atomic E-state index is -0.369. The highest BCUT2D eigenvalue weighted by molar-refractivity contribution is 6.33. The maximum atomic E-state index is 11.8. The molecule has 4 rings (SSSR count). The molecule has 1 aliphatic rings. The summed E-state index contributed by atoms with van der Waals surface area (Å²) in [5, 5.41) is 1.57. The summed E-state index contributed by atoms with van der Waals surface area (Å²) in [6.45, 7) is 2.12. The van der Waals surface area contributed by atoms with Gasteiger partial charge in [-0.3, -0.25) is 0 Å².